The van der Waals surface area contributed by atoms with Crippen LogP contribution in [0.5, 0.6) is 11.5 Å². The van der Waals surface area contributed by atoms with Gasteiger partial charge in [-0.15, -0.1) is 6.58 Å². The summed E-state index contributed by atoms with van der Waals surface area (Å²) in [6.45, 7) is 13.6. The van der Waals surface area contributed by atoms with Gasteiger partial charge in [-0.3, -0.25) is 0 Å². The minimum Gasteiger partial charge on any atom is -0.493 e. The first-order valence-electron chi connectivity index (χ1n) is 12.9. The van der Waals surface area contributed by atoms with Crippen LogP contribution in [-0.2, 0) is 6.42 Å². The molecule has 2 N–H and O–H groups in total. The Morgan fingerprint density at radius 3 is 2.08 bits per heavy atom. The summed E-state index contributed by atoms with van der Waals surface area (Å²) >= 11 is 0. The lowest BCUT2D eigenvalue weighted by atomic mass is 10.1. The molecule has 0 bridgehead atoms. The SMILES string of the molecule is C=CC.CCC(C)=C/C=C(/c1ccc(OC)c(OC)c1)n1nc(NC)cc1C.CCc1ccc(C(=O)O)cc1. The molecular formula is C32H43N3O4. The summed E-state index contributed by atoms with van der Waals surface area (Å²) in [6, 6.07) is 14.8. The van der Waals surface area contributed by atoms with Crippen LogP contribution >= 0.6 is 0 Å². The number of nitrogens with one attached hydrogen (secondary N) is 1. The first-order chi connectivity index (χ1) is 18.7. The minimum atomic E-state index is -0.868. The smallest absolute Gasteiger partial charge is 0.335 e. The third-order valence-electron chi connectivity index (χ3n) is 5.74. The van der Waals surface area contributed by atoms with Gasteiger partial charge in [0.15, 0.2) is 11.5 Å². The monoisotopic (exact) mass is 533 g/mol. The van der Waals surface area contributed by atoms with Crippen LogP contribution < -0.4 is 14.8 Å². The molecule has 0 aliphatic carbocycles. The fraction of sp³-hybridized carbons (Fsp3) is 0.312. The number of aromatic carboxylic acids is 1. The Hall–Kier alpha value is -4.26. The molecule has 0 unspecified atom stereocenters. The summed E-state index contributed by atoms with van der Waals surface area (Å²) in [4.78, 5) is 10.4. The highest BCUT2D eigenvalue weighted by atomic mass is 16.5. The maximum absolute atomic E-state index is 10.4. The van der Waals surface area contributed by atoms with Crippen molar-refractivity contribution in [1.29, 1.82) is 0 Å². The van der Waals surface area contributed by atoms with Gasteiger partial charge < -0.3 is 19.9 Å². The number of hydrogen-bond acceptors (Lipinski definition) is 5. The second-order valence-corrected chi connectivity index (χ2v) is 8.58. The molecule has 0 radical (unpaired) electrons. The molecule has 0 saturated carbocycles. The zero-order valence-electron chi connectivity index (χ0n) is 24.5. The third kappa shape index (κ3) is 10.2. The molecule has 7 heteroatoms. The van der Waals surface area contributed by atoms with Crippen LogP contribution in [0.15, 0.2) is 78.9 Å². The normalized spacial score (nSPS) is 10.9. The second kappa shape index (κ2) is 17.3. The molecule has 3 rings (SSSR count). The van der Waals surface area contributed by atoms with E-state index < -0.39 is 5.97 Å². The fourth-order valence-electron chi connectivity index (χ4n) is 3.35. The van der Waals surface area contributed by atoms with E-state index in [-0.39, 0.29) is 0 Å². The van der Waals surface area contributed by atoms with Crippen molar-refractivity contribution in [2.75, 3.05) is 26.6 Å². The zero-order valence-corrected chi connectivity index (χ0v) is 24.5. The van der Waals surface area contributed by atoms with Crippen molar-refractivity contribution in [2.45, 2.75) is 47.5 Å². The van der Waals surface area contributed by atoms with Gasteiger partial charge in [-0.2, -0.15) is 5.10 Å². The van der Waals surface area contributed by atoms with Crippen LogP contribution in [0.25, 0.3) is 5.70 Å². The van der Waals surface area contributed by atoms with Crippen molar-refractivity contribution in [3.63, 3.8) is 0 Å². The number of anilines is 1. The molecular weight excluding hydrogens is 490 g/mol. The average Bonchev–Trinajstić information content (AvgIpc) is 3.33. The van der Waals surface area contributed by atoms with Crippen molar-refractivity contribution >= 4 is 17.5 Å². The predicted octanol–water partition coefficient (Wildman–Crippen LogP) is 7.64. The van der Waals surface area contributed by atoms with Crippen molar-refractivity contribution in [1.82, 2.24) is 9.78 Å². The first kappa shape index (κ1) is 32.8. The number of rotatable bonds is 9. The van der Waals surface area contributed by atoms with Crippen molar-refractivity contribution < 1.29 is 19.4 Å². The quantitative estimate of drug-likeness (QED) is 0.217. The number of nitrogens with zero attached hydrogens (tertiary/aromatic N) is 2. The van der Waals surface area contributed by atoms with Gasteiger partial charge in [0.2, 0.25) is 0 Å². The maximum atomic E-state index is 10.4. The summed E-state index contributed by atoms with van der Waals surface area (Å²) in [5.41, 5.74) is 5.85. The van der Waals surface area contributed by atoms with Crippen molar-refractivity contribution in [3.8, 4) is 11.5 Å². The van der Waals surface area contributed by atoms with E-state index in [2.05, 4.69) is 43.0 Å². The molecule has 2 aromatic carbocycles. The Balaban J connectivity index is 0.000000450. The van der Waals surface area contributed by atoms with E-state index in [0.717, 1.165) is 41.2 Å². The second-order valence-electron chi connectivity index (χ2n) is 8.58. The molecule has 3 aromatic rings. The van der Waals surface area contributed by atoms with Crippen LogP contribution in [0, 0.1) is 6.92 Å². The predicted molar refractivity (Wildman–Crippen MR) is 162 cm³/mol. The van der Waals surface area contributed by atoms with Gasteiger partial charge in [-0.25, -0.2) is 9.48 Å². The lowest BCUT2D eigenvalue weighted by Crippen LogP contribution is -2.04. The molecule has 0 aliphatic rings. The highest BCUT2D eigenvalue weighted by molar-refractivity contribution is 5.87. The molecule has 1 heterocycles. The van der Waals surface area contributed by atoms with Crippen LogP contribution in [-0.4, -0.2) is 42.1 Å². The largest absolute Gasteiger partial charge is 0.493 e. The fourth-order valence-corrected chi connectivity index (χ4v) is 3.35. The van der Waals surface area contributed by atoms with E-state index in [1.54, 1.807) is 32.4 Å². The lowest BCUT2D eigenvalue weighted by Gasteiger charge is -2.13. The Bertz CT molecular complexity index is 1250. The third-order valence-corrected chi connectivity index (χ3v) is 5.74. The molecule has 0 fully saturated rings. The maximum Gasteiger partial charge on any atom is 0.335 e. The Kier molecular flexibility index (Phi) is 14.5. The van der Waals surface area contributed by atoms with E-state index >= 15 is 0 Å². The van der Waals surface area contributed by atoms with Crippen LogP contribution in [0.1, 0.15) is 61.3 Å². The average molecular weight is 534 g/mol. The molecule has 0 aliphatic heterocycles. The van der Waals surface area contributed by atoms with Crippen molar-refractivity contribution in [3.05, 3.63) is 101 Å². The Morgan fingerprint density at radius 1 is 1.03 bits per heavy atom. The summed E-state index contributed by atoms with van der Waals surface area (Å²) in [5, 5.41) is 16.3. The lowest BCUT2D eigenvalue weighted by molar-refractivity contribution is 0.0697. The van der Waals surface area contributed by atoms with E-state index in [0.29, 0.717) is 17.1 Å². The standard InChI is InChI=1S/C20H27N3O2.C9H10O2.C3H6/c1-7-14(2)8-10-17(23-15(3)12-20(21-4)22-23)16-9-11-18(24-5)19(13-16)25-6;1-2-7-3-5-8(6-4-7)9(10)11;1-3-2/h8-13H,7H2,1-6H3,(H,21,22);3-6H,2H2,1H3,(H,10,11);3H,1H2,2H3/b14-8?,17-10-;;. The molecule has 0 spiro atoms. The van der Waals surface area contributed by atoms with E-state index in [9.17, 15) is 4.79 Å². The molecule has 0 saturated heterocycles. The van der Waals surface area contributed by atoms with Crippen LogP contribution in [0.2, 0.25) is 0 Å². The first-order valence-corrected chi connectivity index (χ1v) is 12.9. The molecule has 1 aromatic heterocycles. The highest BCUT2D eigenvalue weighted by Crippen LogP contribution is 2.31. The van der Waals surface area contributed by atoms with Gasteiger partial charge in [0, 0.05) is 24.4 Å². The summed E-state index contributed by atoms with van der Waals surface area (Å²) < 4.78 is 12.7. The van der Waals surface area contributed by atoms with E-state index in [4.69, 9.17) is 14.6 Å². The van der Waals surface area contributed by atoms with Gasteiger partial charge in [-0.05, 0) is 75.6 Å². The zero-order chi connectivity index (χ0) is 29.4. The topological polar surface area (TPSA) is 85.6 Å². The van der Waals surface area contributed by atoms with Gasteiger partial charge in [0.25, 0.3) is 0 Å². The van der Waals surface area contributed by atoms with Crippen LogP contribution in [0.3, 0.4) is 0 Å². The number of ether oxygens (including phenoxy) is 2. The molecule has 0 atom stereocenters. The van der Waals surface area contributed by atoms with E-state index in [1.165, 1.54) is 5.57 Å². The molecule has 39 heavy (non-hydrogen) atoms. The van der Waals surface area contributed by atoms with E-state index in [1.807, 2.05) is 68.9 Å². The molecule has 7 nitrogen and oxygen atoms in total. The Labute approximate surface area is 233 Å². The Morgan fingerprint density at radius 2 is 1.62 bits per heavy atom. The number of hydrogen-bond donors (Lipinski definition) is 2. The number of methoxy groups -OCH3 is 2. The molecule has 0 amide bonds. The highest BCUT2D eigenvalue weighted by Gasteiger charge is 2.13. The minimum absolute atomic E-state index is 0.349. The summed E-state index contributed by atoms with van der Waals surface area (Å²) in [5.74, 6) is 1.37. The number of allylic oxidation sites excluding steroid dienone is 4. The number of benzene rings is 2. The number of carbonyl (C=O) groups is 1. The van der Waals surface area contributed by atoms with Gasteiger partial charge in [0.1, 0.15) is 5.82 Å². The van der Waals surface area contributed by atoms with Gasteiger partial charge in [0.05, 0.1) is 25.5 Å². The summed E-state index contributed by atoms with van der Waals surface area (Å²) in [6.07, 6.45) is 7.93. The number of carboxylic acid groups (broad SMARTS) is 1. The number of carboxylic acids is 1. The number of aryl methyl sites for hydroxylation is 2. The van der Waals surface area contributed by atoms with Gasteiger partial charge in [-0.1, -0.05) is 43.7 Å². The van der Waals surface area contributed by atoms with Crippen LogP contribution in [0.4, 0.5) is 5.82 Å². The molecule has 210 valence electrons. The summed E-state index contributed by atoms with van der Waals surface area (Å²) in [7, 11) is 5.15. The van der Waals surface area contributed by atoms with Gasteiger partial charge >= 0.3 is 5.97 Å². The van der Waals surface area contributed by atoms with Crippen molar-refractivity contribution in [2.24, 2.45) is 0 Å². The number of aromatic nitrogens is 2.